The van der Waals surface area contributed by atoms with Crippen LogP contribution >= 0.6 is 31.9 Å². The van der Waals surface area contributed by atoms with Gasteiger partial charge in [-0.2, -0.15) is 0 Å². The molecule has 108 valence electrons. The molecule has 0 bridgehead atoms. The SMILES string of the molecule is CCOCOc1c(Br)cc(CNCC(C)C)cc1Br. The van der Waals surface area contributed by atoms with Gasteiger partial charge in [-0.15, -0.1) is 0 Å². The molecule has 0 atom stereocenters. The van der Waals surface area contributed by atoms with Crippen molar-refractivity contribution in [3.05, 3.63) is 26.6 Å². The summed E-state index contributed by atoms with van der Waals surface area (Å²) in [6, 6.07) is 4.14. The summed E-state index contributed by atoms with van der Waals surface area (Å²) in [7, 11) is 0. The highest BCUT2D eigenvalue weighted by Gasteiger charge is 2.09. The Morgan fingerprint density at radius 1 is 1.21 bits per heavy atom. The molecule has 1 aromatic rings. The maximum absolute atomic E-state index is 5.57. The van der Waals surface area contributed by atoms with Crippen molar-refractivity contribution in [2.75, 3.05) is 19.9 Å². The number of rotatable bonds is 8. The summed E-state index contributed by atoms with van der Waals surface area (Å²) in [5.74, 6) is 1.43. The molecule has 0 saturated heterocycles. The molecule has 1 aromatic carbocycles. The van der Waals surface area contributed by atoms with Crippen LogP contribution in [0.5, 0.6) is 5.75 Å². The Labute approximate surface area is 132 Å². The fraction of sp³-hybridized carbons (Fsp3) is 0.571. The molecule has 0 aliphatic heterocycles. The van der Waals surface area contributed by atoms with E-state index in [9.17, 15) is 0 Å². The third-order valence-electron chi connectivity index (χ3n) is 2.43. The Bertz CT molecular complexity index is 374. The lowest BCUT2D eigenvalue weighted by molar-refractivity contribution is 0.0215. The minimum absolute atomic E-state index is 0.263. The van der Waals surface area contributed by atoms with Crippen LogP contribution in [0.15, 0.2) is 21.1 Å². The van der Waals surface area contributed by atoms with E-state index in [0.29, 0.717) is 12.5 Å². The van der Waals surface area contributed by atoms with Crippen molar-refractivity contribution >= 4 is 31.9 Å². The van der Waals surface area contributed by atoms with Gasteiger partial charge in [-0.1, -0.05) is 13.8 Å². The second-order valence-corrected chi connectivity index (χ2v) is 6.38. The van der Waals surface area contributed by atoms with Gasteiger partial charge in [-0.3, -0.25) is 0 Å². The van der Waals surface area contributed by atoms with Crippen LogP contribution in [0.4, 0.5) is 0 Å². The average Bonchev–Trinajstić information content (AvgIpc) is 2.32. The molecule has 0 aliphatic carbocycles. The third-order valence-corrected chi connectivity index (χ3v) is 3.61. The smallest absolute Gasteiger partial charge is 0.189 e. The van der Waals surface area contributed by atoms with Gasteiger partial charge in [0.05, 0.1) is 8.95 Å². The fourth-order valence-electron chi connectivity index (χ4n) is 1.54. The molecule has 0 heterocycles. The van der Waals surface area contributed by atoms with Gasteiger partial charge in [0.2, 0.25) is 0 Å². The van der Waals surface area contributed by atoms with Gasteiger partial charge in [-0.25, -0.2) is 0 Å². The standard InChI is InChI=1S/C14H21Br2NO2/c1-4-18-9-19-14-12(15)5-11(6-13(14)16)8-17-7-10(2)3/h5-6,10,17H,4,7-9H2,1-3H3. The molecule has 0 saturated carbocycles. The zero-order valence-corrected chi connectivity index (χ0v) is 14.8. The van der Waals surface area contributed by atoms with Crippen molar-refractivity contribution in [3.8, 4) is 5.75 Å². The van der Waals surface area contributed by atoms with E-state index in [1.54, 1.807) is 0 Å². The number of halogens is 2. The molecule has 0 radical (unpaired) electrons. The van der Waals surface area contributed by atoms with E-state index in [4.69, 9.17) is 9.47 Å². The van der Waals surface area contributed by atoms with Crippen molar-refractivity contribution in [2.45, 2.75) is 27.3 Å². The number of ether oxygens (including phenoxy) is 2. The first-order chi connectivity index (χ1) is 9.04. The molecule has 0 aliphatic rings. The predicted molar refractivity (Wildman–Crippen MR) is 85.5 cm³/mol. The molecule has 5 heteroatoms. The molecule has 1 rings (SSSR count). The Morgan fingerprint density at radius 3 is 2.37 bits per heavy atom. The van der Waals surface area contributed by atoms with Crippen LogP contribution in [0.2, 0.25) is 0 Å². The van der Waals surface area contributed by atoms with Gasteiger partial charge in [0.25, 0.3) is 0 Å². The summed E-state index contributed by atoms with van der Waals surface area (Å²) in [5, 5.41) is 3.42. The first-order valence-electron chi connectivity index (χ1n) is 6.43. The Hall–Kier alpha value is -0.100. The molecule has 0 aromatic heterocycles. The van der Waals surface area contributed by atoms with Crippen LogP contribution in [0.25, 0.3) is 0 Å². The molecule has 19 heavy (non-hydrogen) atoms. The molecule has 3 nitrogen and oxygen atoms in total. The molecule has 0 spiro atoms. The van der Waals surface area contributed by atoms with E-state index in [1.807, 2.05) is 6.92 Å². The second kappa shape index (κ2) is 8.95. The fourth-order valence-corrected chi connectivity index (χ4v) is 3.05. The number of nitrogens with one attached hydrogen (secondary N) is 1. The summed E-state index contributed by atoms with van der Waals surface area (Å²) in [6.07, 6.45) is 0. The van der Waals surface area contributed by atoms with Crippen molar-refractivity contribution in [3.63, 3.8) is 0 Å². The summed E-state index contributed by atoms with van der Waals surface area (Å²) in [5.41, 5.74) is 1.21. The first-order valence-corrected chi connectivity index (χ1v) is 8.02. The highest BCUT2D eigenvalue weighted by molar-refractivity contribution is 9.11. The van der Waals surface area contributed by atoms with Crippen LogP contribution in [0.1, 0.15) is 26.3 Å². The second-order valence-electron chi connectivity index (χ2n) is 4.67. The van der Waals surface area contributed by atoms with Crippen LogP contribution in [-0.4, -0.2) is 19.9 Å². The van der Waals surface area contributed by atoms with Crippen molar-refractivity contribution in [2.24, 2.45) is 5.92 Å². The molecule has 0 amide bonds. The van der Waals surface area contributed by atoms with Gasteiger partial charge in [0, 0.05) is 13.2 Å². The lowest BCUT2D eigenvalue weighted by Crippen LogP contribution is -2.19. The summed E-state index contributed by atoms with van der Waals surface area (Å²) in [6.45, 7) is 9.11. The van der Waals surface area contributed by atoms with Crippen LogP contribution in [0, 0.1) is 5.92 Å². The van der Waals surface area contributed by atoms with E-state index in [0.717, 1.165) is 27.8 Å². The minimum atomic E-state index is 0.263. The summed E-state index contributed by atoms with van der Waals surface area (Å²) < 4.78 is 12.6. The van der Waals surface area contributed by atoms with Gasteiger partial charge in [0.1, 0.15) is 0 Å². The van der Waals surface area contributed by atoms with E-state index in [2.05, 4.69) is 63.2 Å². The lowest BCUT2D eigenvalue weighted by atomic mass is 10.2. The molecule has 0 unspecified atom stereocenters. The van der Waals surface area contributed by atoms with Crippen LogP contribution < -0.4 is 10.1 Å². The lowest BCUT2D eigenvalue weighted by Gasteiger charge is -2.13. The molecular weight excluding hydrogens is 374 g/mol. The van der Waals surface area contributed by atoms with Crippen LogP contribution in [-0.2, 0) is 11.3 Å². The quantitative estimate of drug-likeness (QED) is 0.525. The molecular formula is C14H21Br2NO2. The van der Waals surface area contributed by atoms with E-state index < -0.39 is 0 Å². The third kappa shape index (κ3) is 6.25. The molecule has 1 N–H and O–H groups in total. The number of hydrogen-bond acceptors (Lipinski definition) is 3. The summed E-state index contributed by atoms with van der Waals surface area (Å²) in [4.78, 5) is 0. The Balaban J connectivity index is 2.62. The van der Waals surface area contributed by atoms with Crippen molar-refractivity contribution in [1.82, 2.24) is 5.32 Å². The van der Waals surface area contributed by atoms with E-state index in [1.165, 1.54) is 5.56 Å². The average molecular weight is 395 g/mol. The highest BCUT2D eigenvalue weighted by atomic mass is 79.9. The highest BCUT2D eigenvalue weighted by Crippen LogP contribution is 2.34. The topological polar surface area (TPSA) is 30.5 Å². The minimum Gasteiger partial charge on any atom is -0.465 e. The maximum atomic E-state index is 5.57. The first kappa shape index (κ1) is 17.0. The van der Waals surface area contributed by atoms with Gasteiger partial charge in [0.15, 0.2) is 12.5 Å². The van der Waals surface area contributed by atoms with Crippen molar-refractivity contribution in [1.29, 1.82) is 0 Å². The monoisotopic (exact) mass is 393 g/mol. The Kier molecular flexibility index (Phi) is 7.99. The molecule has 0 fully saturated rings. The van der Waals surface area contributed by atoms with Crippen LogP contribution in [0.3, 0.4) is 0 Å². The number of hydrogen-bond donors (Lipinski definition) is 1. The van der Waals surface area contributed by atoms with Gasteiger partial charge < -0.3 is 14.8 Å². The van der Waals surface area contributed by atoms with Crippen molar-refractivity contribution < 1.29 is 9.47 Å². The van der Waals surface area contributed by atoms with Gasteiger partial charge >= 0.3 is 0 Å². The zero-order valence-electron chi connectivity index (χ0n) is 11.6. The largest absolute Gasteiger partial charge is 0.465 e. The Morgan fingerprint density at radius 2 is 1.84 bits per heavy atom. The zero-order chi connectivity index (χ0) is 14.3. The predicted octanol–water partition coefficient (Wildman–Crippen LogP) is 4.33. The maximum Gasteiger partial charge on any atom is 0.189 e. The van der Waals surface area contributed by atoms with E-state index >= 15 is 0 Å². The normalized spacial score (nSPS) is 11.1. The van der Waals surface area contributed by atoms with E-state index in [-0.39, 0.29) is 6.79 Å². The van der Waals surface area contributed by atoms with Gasteiger partial charge in [-0.05, 0) is 68.9 Å². The number of benzene rings is 1. The summed E-state index contributed by atoms with van der Waals surface area (Å²) >= 11 is 7.07.